The zero-order valence-corrected chi connectivity index (χ0v) is 15.6. The third-order valence-electron chi connectivity index (χ3n) is 3.88. The molecular formula is C21H21F3N2O2. The van der Waals surface area contributed by atoms with Crippen LogP contribution in [-0.2, 0) is 6.18 Å². The zero-order chi connectivity index (χ0) is 20.6. The van der Waals surface area contributed by atoms with Gasteiger partial charge in [0.15, 0.2) is 0 Å². The Bertz CT molecular complexity index is 870. The van der Waals surface area contributed by atoms with Crippen molar-refractivity contribution >= 4 is 6.03 Å². The van der Waals surface area contributed by atoms with Crippen molar-refractivity contribution < 1.29 is 22.7 Å². The fourth-order valence-electron chi connectivity index (χ4n) is 2.29. The number of likely N-dealkylation sites (N-methyl/N-ethyl adjacent to an activating group) is 1. The van der Waals surface area contributed by atoms with Crippen molar-refractivity contribution in [2.45, 2.75) is 13.1 Å². The van der Waals surface area contributed by atoms with Gasteiger partial charge >= 0.3 is 12.2 Å². The Morgan fingerprint density at radius 1 is 1.18 bits per heavy atom. The van der Waals surface area contributed by atoms with Crippen molar-refractivity contribution in [3.63, 3.8) is 0 Å². The van der Waals surface area contributed by atoms with Crippen LogP contribution in [0.3, 0.4) is 0 Å². The number of carbonyl (C=O) groups is 1. The van der Waals surface area contributed by atoms with Gasteiger partial charge in [-0.05, 0) is 36.8 Å². The van der Waals surface area contributed by atoms with E-state index in [9.17, 15) is 18.0 Å². The van der Waals surface area contributed by atoms with E-state index < -0.39 is 11.7 Å². The van der Waals surface area contributed by atoms with E-state index in [0.29, 0.717) is 13.2 Å². The summed E-state index contributed by atoms with van der Waals surface area (Å²) < 4.78 is 43.6. The standard InChI is InChI=1S/C21H21F3N2O2/c1-16-7-3-4-11-19(16)28-14-13-26(2)20(27)25-12-6-9-17-8-5-10-18(15-17)21(22,23)24/h3-5,7-8,10-11,15H,12-14H2,1-2H3,(H,25,27). The molecule has 0 aromatic heterocycles. The van der Waals surface area contributed by atoms with Gasteiger partial charge in [-0.15, -0.1) is 0 Å². The van der Waals surface area contributed by atoms with Crippen molar-refractivity contribution in [3.05, 3.63) is 65.2 Å². The van der Waals surface area contributed by atoms with Crippen LogP contribution in [0.1, 0.15) is 16.7 Å². The third kappa shape index (κ3) is 6.54. The first kappa shape index (κ1) is 21.2. The Hall–Kier alpha value is -3.14. The van der Waals surface area contributed by atoms with E-state index in [2.05, 4.69) is 17.2 Å². The Morgan fingerprint density at radius 2 is 1.93 bits per heavy atom. The molecule has 1 N–H and O–H groups in total. The largest absolute Gasteiger partial charge is 0.491 e. The summed E-state index contributed by atoms with van der Waals surface area (Å²) in [5, 5.41) is 2.59. The van der Waals surface area contributed by atoms with Crippen LogP contribution >= 0.6 is 0 Å². The van der Waals surface area contributed by atoms with Gasteiger partial charge in [-0.25, -0.2) is 4.79 Å². The molecule has 0 fully saturated rings. The van der Waals surface area contributed by atoms with Crippen LogP contribution in [-0.4, -0.2) is 37.7 Å². The summed E-state index contributed by atoms with van der Waals surface area (Å²) >= 11 is 0. The van der Waals surface area contributed by atoms with E-state index in [-0.39, 0.29) is 18.1 Å². The Labute approximate surface area is 162 Å². The van der Waals surface area contributed by atoms with Crippen LogP contribution in [0.5, 0.6) is 5.75 Å². The summed E-state index contributed by atoms with van der Waals surface area (Å²) in [6.07, 6.45) is -4.41. The third-order valence-corrected chi connectivity index (χ3v) is 3.88. The maximum Gasteiger partial charge on any atom is 0.416 e. The van der Waals surface area contributed by atoms with Crippen LogP contribution in [0.4, 0.5) is 18.0 Å². The van der Waals surface area contributed by atoms with Crippen LogP contribution in [0.15, 0.2) is 48.5 Å². The molecule has 0 aliphatic rings. The maximum atomic E-state index is 12.7. The monoisotopic (exact) mass is 390 g/mol. The summed E-state index contributed by atoms with van der Waals surface area (Å²) in [7, 11) is 1.62. The van der Waals surface area contributed by atoms with E-state index in [4.69, 9.17) is 4.74 Å². The highest BCUT2D eigenvalue weighted by molar-refractivity contribution is 5.74. The molecule has 0 heterocycles. The first-order valence-electron chi connectivity index (χ1n) is 8.61. The number of hydrogen-bond acceptors (Lipinski definition) is 2. The van der Waals surface area contributed by atoms with Crippen LogP contribution in [0.25, 0.3) is 0 Å². The molecule has 0 saturated heterocycles. The van der Waals surface area contributed by atoms with E-state index >= 15 is 0 Å². The number of aryl methyl sites for hydroxylation is 1. The predicted molar refractivity (Wildman–Crippen MR) is 101 cm³/mol. The lowest BCUT2D eigenvalue weighted by Crippen LogP contribution is -2.39. The predicted octanol–water partition coefficient (Wildman–Crippen LogP) is 4.09. The molecular weight excluding hydrogens is 369 g/mol. The van der Waals surface area contributed by atoms with Gasteiger partial charge in [-0.2, -0.15) is 13.2 Å². The van der Waals surface area contributed by atoms with Gasteiger partial charge in [0.1, 0.15) is 12.4 Å². The quantitative estimate of drug-likeness (QED) is 0.782. The summed E-state index contributed by atoms with van der Waals surface area (Å²) in [5.74, 6) is 6.03. The molecule has 0 radical (unpaired) electrons. The van der Waals surface area contributed by atoms with Crippen molar-refractivity contribution in [1.29, 1.82) is 0 Å². The normalized spacial score (nSPS) is 10.6. The van der Waals surface area contributed by atoms with Gasteiger partial charge in [0.25, 0.3) is 0 Å². The molecule has 28 heavy (non-hydrogen) atoms. The van der Waals surface area contributed by atoms with Gasteiger partial charge in [-0.1, -0.05) is 36.1 Å². The highest BCUT2D eigenvalue weighted by Gasteiger charge is 2.30. The zero-order valence-electron chi connectivity index (χ0n) is 15.6. The van der Waals surface area contributed by atoms with Crippen LogP contribution in [0.2, 0.25) is 0 Å². The van der Waals surface area contributed by atoms with Gasteiger partial charge in [0.05, 0.1) is 18.7 Å². The van der Waals surface area contributed by atoms with Crippen molar-refractivity contribution in [1.82, 2.24) is 10.2 Å². The Morgan fingerprint density at radius 3 is 2.64 bits per heavy atom. The summed E-state index contributed by atoms with van der Waals surface area (Å²) in [5.41, 5.74) is 0.500. The van der Waals surface area contributed by atoms with E-state index in [0.717, 1.165) is 23.4 Å². The second-order valence-electron chi connectivity index (χ2n) is 6.07. The van der Waals surface area contributed by atoms with Gasteiger partial charge < -0.3 is 15.0 Å². The van der Waals surface area contributed by atoms with Crippen LogP contribution in [0, 0.1) is 18.8 Å². The fourth-order valence-corrected chi connectivity index (χ4v) is 2.29. The number of benzene rings is 2. The molecule has 0 unspecified atom stereocenters. The molecule has 0 bridgehead atoms. The topological polar surface area (TPSA) is 41.6 Å². The van der Waals surface area contributed by atoms with Gasteiger partial charge in [-0.3, -0.25) is 0 Å². The number of carbonyl (C=O) groups excluding carboxylic acids is 1. The fraction of sp³-hybridized carbons (Fsp3) is 0.286. The SMILES string of the molecule is Cc1ccccc1OCCN(C)C(=O)NCC#Cc1cccc(C(F)(F)F)c1. The summed E-state index contributed by atoms with van der Waals surface area (Å²) in [6, 6.07) is 12.0. The molecule has 148 valence electrons. The molecule has 7 heteroatoms. The number of rotatable bonds is 5. The number of hydrogen-bond donors (Lipinski definition) is 1. The molecule has 0 aliphatic carbocycles. The van der Waals surface area contributed by atoms with Gasteiger partial charge in [0, 0.05) is 12.6 Å². The minimum Gasteiger partial charge on any atom is -0.491 e. The smallest absolute Gasteiger partial charge is 0.416 e. The number of ether oxygens (including phenoxy) is 1. The molecule has 0 spiro atoms. The van der Waals surface area contributed by atoms with Gasteiger partial charge in [0.2, 0.25) is 0 Å². The highest BCUT2D eigenvalue weighted by Crippen LogP contribution is 2.29. The Kier molecular flexibility index (Phi) is 7.33. The molecule has 2 amide bonds. The number of para-hydroxylation sites is 1. The lowest BCUT2D eigenvalue weighted by molar-refractivity contribution is -0.137. The average Bonchev–Trinajstić information content (AvgIpc) is 2.66. The van der Waals surface area contributed by atoms with Crippen molar-refractivity contribution in [2.24, 2.45) is 0 Å². The second-order valence-corrected chi connectivity index (χ2v) is 6.07. The Balaban J connectivity index is 1.77. The molecule has 0 atom stereocenters. The van der Waals surface area contributed by atoms with E-state index in [1.54, 1.807) is 7.05 Å². The number of urea groups is 1. The number of amides is 2. The van der Waals surface area contributed by atoms with Crippen LogP contribution < -0.4 is 10.1 Å². The number of nitrogens with zero attached hydrogens (tertiary/aromatic N) is 1. The van der Waals surface area contributed by atoms with Crippen molar-refractivity contribution in [2.75, 3.05) is 26.7 Å². The number of alkyl halides is 3. The first-order valence-corrected chi connectivity index (χ1v) is 8.61. The molecule has 2 aromatic rings. The summed E-state index contributed by atoms with van der Waals surface area (Å²) in [4.78, 5) is 13.4. The molecule has 2 aromatic carbocycles. The minimum atomic E-state index is -4.41. The lowest BCUT2D eigenvalue weighted by atomic mass is 10.1. The lowest BCUT2D eigenvalue weighted by Gasteiger charge is -2.17. The van der Waals surface area contributed by atoms with E-state index in [1.807, 2.05) is 31.2 Å². The molecule has 2 rings (SSSR count). The highest BCUT2D eigenvalue weighted by atomic mass is 19.4. The first-order chi connectivity index (χ1) is 13.3. The molecule has 4 nitrogen and oxygen atoms in total. The maximum absolute atomic E-state index is 12.7. The minimum absolute atomic E-state index is 0.0259. The average molecular weight is 390 g/mol. The summed E-state index contributed by atoms with van der Waals surface area (Å²) in [6.45, 7) is 2.68. The second kappa shape index (κ2) is 9.70. The number of nitrogens with one attached hydrogen (secondary N) is 1. The number of halogens is 3. The molecule has 0 saturated carbocycles. The molecule has 0 aliphatic heterocycles. The van der Waals surface area contributed by atoms with E-state index in [1.165, 1.54) is 17.0 Å². The van der Waals surface area contributed by atoms with Crippen molar-refractivity contribution in [3.8, 4) is 17.6 Å².